The van der Waals surface area contributed by atoms with Crippen molar-refractivity contribution >= 4 is 29.0 Å². The molecule has 0 spiro atoms. The number of hydrazone groups is 1. The number of nitrogens with one attached hydrogen (secondary N) is 1. The molecular weight excluding hydrogens is 379 g/mol. The van der Waals surface area contributed by atoms with Crippen LogP contribution in [0.25, 0.3) is 0 Å². The van der Waals surface area contributed by atoms with Crippen LogP contribution in [0.4, 0.5) is 9.18 Å². The third-order valence-corrected chi connectivity index (χ3v) is 5.40. The molecule has 1 N–H and O–H groups in total. The Morgan fingerprint density at radius 3 is 2.79 bits per heavy atom. The lowest BCUT2D eigenvalue weighted by Gasteiger charge is -2.25. The average molecular weight is 402 g/mol. The second kappa shape index (κ2) is 8.97. The van der Waals surface area contributed by atoms with E-state index in [4.69, 9.17) is 0 Å². The Balaban J connectivity index is 1.82. The van der Waals surface area contributed by atoms with Gasteiger partial charge in [0.15, 0.2) is 0 Å². The molecule has 148 valence electrons. The summed E-state index contributed by atoms with van der Waals surface area (Å²) in [6.45, 7) is 2.36. The van der Waals surface area contributed by atoms with Crippen molar-refractivity contribution < 1.29 is 14.0 Å². The van der Waals surface area contributed by atoms with Gasteiger partial charge in [0.05, 0.1) is 16.6 Å². The number of carbonyl (C=O) groups excluding carboxylic acids is 2. The lowest BCUT2D eigenvalue weighted by molar-refractivity contribution is -0.133. The van der Waals surface area contributed by atoms with Gasteiger partial charge in [-0.25, -0.2) is 14.2 Å². The number of hydrogen-bond donors (Lipinski definition) is 1. The second-order valence-corrected chi connectivity index (χ2v) is 7.54. The van der Waals surface area contributed by atoms with Crippen LogP contribution in [0.1, 0.15) is 36.2 Å². The summed E-state index contributed by atoms with van der Waals surface area (Å²) in [4.78, 5) is 27.2. The molecule has 1 aliphatic rings. The fourth-order valence-corrected chi connectivity index (χ4v) is 3.75. The smallest absolute Gasteiger partial charge is 0.317 e. The standard InChI is InChI=1S/C20H23FN4O2S/c1-3-10-22-20(27)24(2)13-19(26)25-17(14-7-4-5-8-15(14)21)12-16(23-25)18-9-6-11-28-18/h4-9,11,17H,3,10,12-13H2,1-2H3,(H,22,27). The van der Waals surface area contributed by atoms with Crippen LogP contribution in [0, 0.1) is 5.82 Å². The number of benzene rings is 1. The monoisotopic (exact) mass is 402 g/mol. The Bertz CT molecular complexity index is 869. The molecular formula is C20H23FN4O2S. The summed E-state index contributed by atoms with van der Waals surface area (Å²) >= 11 is 1.53. The van der Waals surface area contributed by atoms with E-state index in [9.17, 15) is 14.0 Å². The zero-order chi connectivity index (χ0) is 20.1. The number of hydrogen-bond acceptors (Lipinski definition) is 4. The molecule has 0 saturated heterocycles. The highest BCUT2D eigenvalue weighted by atomic mass is 32.1. The number of thiophene rings is 1. The maximum Gasteiger partial charge on any atom is 0.317 e. The van der Waals surface area contributed by atoms with Crippen molar-refractivity contribution in [3.05, 3.63) is 58.0 Å². The Hall–Kier alpha value is -2.74. The molecule has 0 bridgehead atoms. The summed E-state index contributed by atoms with van der Waals surface area (Å²) in [6.07, 6.45) is 1.24. The molecule has 2 aromatic rings. The first-order valence-corrected chi connectivity index (χ1v) is 10.1. The molecule has 1 aliphatic heterocycles. The molecule has 8 heteroatoms. The van der Waals surface area contributed by atoms with E-state index in [-0.39, 0.29) is 24.3 Å². The predicted octanol–water partition coefficient (Wildman–Crippen LogP) is 3.62. The minimum atomic E-state index is -0.530. The molecule has 1 unspecified atom stereocenters. The summed E-state index contributed by atoms with van der Waals surface area (Å²) in [5.41, 5.74) is 1.17. The van der Waals surface area contributed by atoms with Gasteiger partial charge >= 0.3 is 6.03 Å². The second-order valence-electron chi connectivity index (χ2n) is 6.59. The summed E-state index contributed by atoms with van der Waals surface area (Å²) < 4.78 is 14.4. The van der Waals surface area contributed by atoms with Gasteiger partial charge in [-0.05, 0) is 23.9 Å². The molecule has 1 atom stereocenters. The predicted molar refractivity (Wildman–Crippen MR) is 108 cm³/mol. The molecule has 3 rings (SSSR count). The lowest BCUT2D eigenvalue weighted by Crippen LogP contribution is -2.43. The summed E-state index contributed by atoms with van der Waals surface area (Å²) in [6, 6.07) is 9.41. The number of urea groups is 1. The minimum absolute atomic E-state index is 0.137. The van der Waals surface area contributed by atoms with Crippen molar-refractivity contribution in [3.8, 4) is 0 Å². The molecule has 6 nitrogen and oxygen atoms in total. The lowest BCUT2D eigenvalue weighted by atomic mass is 10.0. The van der Waals surface area contributed by atoms with Gasteiger partial charge in [-0.15, -0.1) is 11.3 Å². The molecule has 3 amide bonds. The number of rotatable bonds is 6. The van der Waals surface area contributed by atoms with Gasteiger partial charge < -0.3 is 10.2 Å². The summed E-state index contributed by atoms with van der Waals surface area (Å²) in [5.74, 6) is -0.726. The zero-order valence-electron chi connectivity index (χ0n) is 15.9. The first kappa shape index (κ1) is 20.0. The minimum Gasteiger partial charge on any atom is -0.338 e. The number of likely N-dealkylation sites (N-methyl/N-ethyl adjacent to an activating group) is 1. The van der Waals surface area contributed by atoms with Crippen LogP contribution >= 0.6 is 11.3 Å². The van der Waals surface area contributed by atoms with Crippen LogP contribution in [0.2, 0.25) is 0 Å². The van der Waals surface area contributed by atoms with E-state index in [0.29, 0.717) is 18.5 Å². The van der Waals surface area contributed by atoms with E-state index < -0.39 is 6.04 Å². The van der Waals surface area contributed by atoms with Crippen molar-refractivity contribution in [1.29, 1.82) is 0 Å². The van der Waals surface area contributed by atoms with Crippen molar-refractivity contribution in [1.82, 2.24) is 15.2 Å². The summed E-state index contributed by atoms with van der Waals surface area (Å²) in [7, 11) is 1.56. The molecule has 1 aromatic heterocycles. The maximum absolute atomic E-state index is 14.4. The molecule has 0 aliphatic carbocycles. The van der Waals surface area contributed by atoms with Gasteiger partial charge in [-0.3, -0.25) is 4.79 Å². The van der Waals surface area contributed by atoms with Gasteiger partial charge in [0.2, 0.25) is 0 Å². The molecule has 0 fully saturated rings. The van der Waals surface area contributed by atoms with Crippen LogP contribution in [-0.4, -0.2) is 47.7 Å². The van der Waals surface area contributed by atoms with Gasteiger partial charge in [0.1, 0.15) is 12.4 Å². The largest absolute Gasteiger partial charge is 0.338 e. The average Bonchev–Trinajstić information content (AvgIpc) is 3.36. The van der Waals surface area contributed by atoms with Gasteiger partial charge in [0, 0.05) is 25.6 Å². The fraction of sp³-hybridized carbons (Fsp3) is 0.350. The topological polar surface area (TPSA) is 65.0 Å². The van der Waals surface area contributed by atoms with Crippen molar-refractivity contribution in [2.75, 3.05) is 20.1 Å². The Labute approximate surface area is 167 Å². The SMILES string of the molecule is CCCNC(=O)N(C)CC(=O)N1N=C(c2cccs2)CC1c1ccccc1F. The molecule has 0 saturated carbocycles. The normalized spacial score (nSPS) is 16.0. The highest BCUT2D eigenvalue weighted by Gasteiger charge is 2.35. The molecule has 2 heterocycles. The van der Waals surface area contributed by atoms with E-state index in [2.05, 4.69) is 10.4 Å². The van der Waals surface area contributed by atoms with Crippen LogP contribution < -0.4 is 5.32 Å². The molecule has 0 radical (unpaired) electrons. The van der Waals surface area contributed by atoms with Crippen LogP contribution in [0.15, 0.2) is 46.9 Å². The fourth-order valence-electron chi connectivity index (χ4n) is 3.03. The first-order chi connectivity index (χ1) is 13.5. The van der Waals surface area contributed by atoms with Crippen molar-refractivity contribution in [3.63, 3.8) is 0 Å². The van der Waals surface area contributed by atoms with E-state index in [1.165, 1.54) is 27.3 Å². The van der Waals surface area contributed by atoms with E-state index >= 15 is 0 Å². The molecule has 1 aromatic carbocycles. The van der Waals surface area contributed by atoms with E-state index in [0.717, 1.165) is 17.0 Å². The third kappa shape index (κ3) is 4.39. The Morgan fingerprint density at radius 1 is 1.32 bits per heavy atom. The highest BCUT2D eigenvalue weighted by molar-refractivity contribution is 7.12. The van der Waals surface area contributed by atoms with Crippen molar-refractivity contribution in [2.24, 2.45) is 5.10 Å². The number of amides is 3. The number of nitrogens with zero attached hydrogens (tertiary/aromatic N) is 3. The Morgan fingerprint density at radius 2 is 2.11 bits per heavy atom. The van der Waals surface area contributed by atoms with E-state index in [1.807, 2.05) is 24.4 Å². The zero-order valence-corrected chi connectivity index (χ0v) is 16.7. The van der Waals surface area contributed by atoms with Gasteiger partial charge in [-0.1, -0.05) is 31.2 Å². The van der Waals surface area contributed by atoms with Crippen molar-refractivity contribution in [2.45, 2.75) is 25.8 Å². The number of halogens is 1. The van der Waals surface area contributed by atoms with Gasteiger partial charge in [0.25, 0.3) is 5.91 Å². The Kier molecular flexibility index (Phi) is 6.41. The summed E-state index contributed by atoms with van der Waals surface area (Å²) in [5, 5.41) is 10.5. The maximum atomic E-state index is 14.4. The highest BCUT2D eigenvalue weighted by Crippen LogP contribution is 2.35. The van der Waals surface area contributed by atoms with Gasteiger partial charge in [-0.2, -0.15) is 5.10 Å². The number of carbonyl (C=O) groups is 2. The quantitative estimate of drug-likeness (QED) is 0.802. The third-order valence-electron chi connectivity index (χ3n) is 4.48. The van der Waals surface area contributed by atoms with Crippen LogP contribution in [-0.2, 0) is 4.79 Å². The van der Waals surface area contributed by atoms with E-state index in [1.54, 1.807) is 25.2 Å². The first-order valence-electron chi connectivity index (χ1n) is 9.18. The van der Waals surface area contributed by atoms with Crippen LogP contribution in [0.5, 0.6) is 0 Å². The molecule has 28 heavy (non-hydrogen) atoms. The van der Waals surface area contributed by atoms with Crippen LogP contribution in [0.3, 0.4) is 0 Å².